The second kappa shape index (κ2) is 9.56. The molecule has 3 rings (SSSR count). The number of aromatic nitrogens is 2. The van der Waals surface area contributed by atoms with Gasteiger partial charge in [-0.3, -0.25) is 9.48 Å². The summed E-state index contributed by atoms with van der Waals surface area (Å²) in [7, 11) is 0. The first-order valence-electron chi connectivity index (χ1n) is 9.63. The molecular weight excluding hydrogens is 378 g/mol. The lowest BCUT2D eigenvalue weighted by Crippen LogP contribution is -2.28. The molecule has 0 saturated carbocycles. The summed E-state index contributed by atoms with van der Waals surface area (Å²) in [5.74, 6) is -0.214. The fraction of sp³-hybridized carbons (Fsp3) is 0.174. The number of hydrogen-bond donors (Lipinski definition) is 3. The molecule has 3 aromatic rings. The van der Waals surface area contributed by atoms with Crippen molar-refractivity contribution in [1.29, 1.82) is 0 Å². The van der Waals surface area contributed by atoms with E-state index in [0.29, 0.717) is 35.7 Å². The van der Waals surface area contributed by atoms with Crippen LogP contribution in [0.3, 0.4) is 0 Å². The molecule has 2 aromatic carbocycles. The number of amides is 3. The van der Waals surface area contributed by atoms with E-state index in [1.54, 1.807) is 30.3 Å². The Bertz CT molecular complexity index is 1040. The molecule has 7 heteroatoms. The second-order valence-corrected chi connectivity index (χ2v) is 6.84. The van der Waals surface area contributed by atoms with Gasteiger partial charge in [0, 0.05) is 23.6 Å². The molecule has 0 aliphatic heterocycles. The molecule has 0 radical (unpaired) electrons. The van der Waals surface area contributed by atoms with Gasteiger partial charge in [0.05, 0.1) is 17.8 Å². The zero-order valence-corrected chi connectivity index (χ0v) is 17.1. The van der Waals surface area contributed by atoms with Crippen molar-refractivity contribution in [3.8, 4) is 0 Å². The maximum atomic E-state index is 12.8. The van der Waals surface area contributed by atoms with Gasteiger partial charge in [-0.2, -0.15) is 5.10 Å². The van der Waals surface area contributed by atoms with Crippen molar-refractivity contribution in [3.05, 3.63) is 89.8 Å². The molecule has 0 fully saturated rings. The summed E-state index contributed by atoms with van der Waals surface area (Å²) in [6.45, 7) is 8.27. The molecule has 0 unspecified atom stereocenters. The summed E-state index contributed by atoms with van der Waals surface area (Å²) >= 11 is 0. The number of rotatable bonds is 7. The molecule has 0 spiro atoms. The summed E-state index contributed by atoms with van der Waals surface area (Å²) in [4.78, 5) is 24.5. The van der Waals surface area contributed by atoms with Crippen LogP contribution in [0.4, 0.5) is 16.2 Å². The number of aryl methyl sites for hydroxylation is 1. The molecule has 3 N–H and O–H groups in total. The normalized spacial score (nSPS) is 10.3. The third-order valence-corrected chi connectivity index (χ3v) is 4.59. The maximum absolute atomic E-state index is 12.8. The van der Waals surface area contributed by atoms with Crippen molar-refractivity contribution >= 4 is 23.3 Å². The fourth-order valence-electron chi connectivity index (χ4n) is 3.11. The van der Waals surface area contributed by atoms with E-state index in [1.807, 2.05) is 48.9 Å². The topological polar surface area (TPSA) is 88.1 Å². The lowest BCUT2D eigenvalue weighted by atomic mass is 10.1. The van der Waals surface area contributed by atoms with Crippen LogP contribution in [-0.4, -0.2) is 28.3 Å². The molecule has 0 bridgehead atoms. The monoisotopic (exact) mass is 403 g/mol. The Hall–Kier alpha value is -3.87. The lowest BCUT2D eigenvalue weighted by molar-refractivity contribution is 0.102. The smallest absolute Gasteiger partial charge is 0.319 e. The summed E-state index contributed by atoms with van der Waals surface area (Å²) in [6, 6.07) is 16.6. The largest absolute Gasteiger partial charge is 0.334 e. The Morgan fingerprint density at radius 2 is 1.63 bits per heavy atom. The van der Waals surface area contributed by atoms with Crippen LogP contribution in [0.2, 0.25) is 0 Å². The van der Waals surface area contributed by atoms with Crippen molar-refractivity contribution < 1.29 is 9.59 Å². The first-order valence-corrected chi connectivity index (χ1v) is 9.63. The highest BCUT2D eigenvalue weighted by atomic mass is 16.2. The van der Waals surface area contributed by atoms with E-state index in [2.05, 4.69) is 27.6 Å². The molecule has 0 atom stereocenters. The molecule has 154 valence electrons. The number of hydrogen-bond acceptors (Lipinski definition) is 3. The number of nitrogens with one attached hydrogen (secondary N) is 3. The van der Waals surface area contributed by atoms with Crippen LogP contribution in [0.1, 0.15) is 27.3 Å². The van der Waals surface area contributed by atoms with Crippen molar-refractivity contribution in [2.24, 2.45) is 0 Å². The third-order valence-electron chi connectivity index (χ3n) is 4.59. The summed E-state index contributed by atoms with van der Waals surface area (Å²) in [5, 5.41) is 12.8. The molecule has 0 aliphatic rings. The highest BCUT2D eigenvalue weighted by molar-refractivity contribution is 6.06. The number of urea groups is 1. The standard InChI is InChI=1S/C23H25N5O2/c1-4-14-24-23(30)26-20-12-10-19(11-13-20)25-22(29)21-16(2)27-28(17(21)3)15-18-8-6-5-7-9-18/h4-13H,1,14-15H2,2-3H3,(H,25,29)(H2,24,26,30). The van der Waals surface area contributed by atoms with Gasteiger partial charge in [-0.25, -0.2) is 4.79 Å². The minimum Gasteiger partial charge on any atom is -0.334 e. The Kier molecular flexibility index (Phi) is 6.64. The van der Waals surface area contributed by atoms with Gasteiger partial charge in [0.25, 0.3) is 5.91 Å². The van der Waals surface area contributed by atoms with Gasteiger partial charge in [-0.1, -0.05) is 36.4 Å². The Labute approximate surface area is 175 Å². The fourth-order valence-corrected chi connectivity index (χ4v) is 3.11. The van der Waals surface area contributed by atoms with Crippen LogP contribution in [0.15, 0.2) is 67.3 Å². The van der Waals surface area contributed by atoms with Gasteiger partial charge >= 0.3 is 6.03 Å². The SMILES string of the molecule is C=CCNC(=O)Nc1ccc(NC(=O)c2c(C)nn(Cc3ccccc3)c2C)cc1. The van der Waals surface area contributed by atoms with Gasteiger partial charge < -0.3 is 16.0 Å². The van der Waals surface area contributed by atoms with Crippen LogP contribution in [0.5, 0.6) is 0 Å². The van der Waals surface area contributed by atoms with Gasteiger partial charge in [0.15, 0.2) is 0 Å². The predicted molar refractivity (Wildman–Crippen MR) is 119 cm³/mol. The van der Waals surface area contributed by atoms with Gasteiger partial charge in [-0.05, 0) is 43.7 Å². The Morgan fingerprint density at radius 1 is 1.00 bits per heavy atom. The second-order valence-electron chi connectivity index (χ2n) is 6.84. The first-order chi connectivity index (χ1) is 14.5. The van der Waals surface area contributed by atoms with E-state index >= 15 is 0 Å². The highest BCUT2D eigenvalue weighted by Gasteiger charge is 2.19. The zero-order valence-electron chi connectivity index (χ0n) is 17.1. The van der Waals surface area contributed by atoms with Crippen molar-refractivity contribution in [1.82, 2.24) is 15.1 Å². The highest BCUT2D eigenvalue weighted by Crippen LogP contribution is 2.19. The van der Waals surface area contributed by atoms with E-state index in [1.165, 1.54) is 0 Å². The number of anilines is 2. The minimum absolute atomic E-state index is 0.214. The van der Waals surface area contributed by atoms with Crippen LogP contribution in [-0.2, 0) is 6.54 Å². The molecule has 0 aliphatic carbocycles. The van der Waals surface area contributed by atoms with Gasteiger partial charge in [0.2, 0.25) is 0 Å². The van der Waals surface area contributed by atoms with E-state index in [9.17, 15) is 9.59 Å². The van der Waals surface area contributed by atoms with Gasteiger partial charge in [-0.15, -0.1) is 6.58 Å². The molecule has 0 saturated heterocycles. The van der Waals surface area contributed by atoms with Crippen LogP contribution in [0, 0.1) is 13.8 Å². The molecule has 7 nitrogen and oxygen atoms in total. The van der Waals surface area contributed by atoms with E-state index in [-0.39, 0.29) is 11.9 Å². The van der Waals surface area contributed by atoms with Crippen LogP contribution in [0.25, 0.3) is 0 Å². The lowest BCUT2D eigenvalue weighted by Gasteiger charge is -2.09. The van der Waals surface area contributed by atoms with Crippen molar-refractivity contribution in [2.75, 3.05) is 17.2 Å². The summed E-state index contributed by atoms with van der Waals surface area (Å²) in [5.41, 5.74) is 4.43. The maximum Gasteiger partial charge on any atom is 0.319 e. The Balaban J connectivity index is 1.67. The summed E-state index contributed by atoms with van der Waals surface area (Å²) < 4.78 is 1.84. The molecule has 3 amide bonds. The first kappa shape index (κ1) is 20.9. The third kappa shape index (κ3) is 5.14. The molecule has 30 heavy (non-hydrogen) atoms. The van der Waals surface area contributed by atoms with E-state index < -0.39 is 0 Å². The predicted octanol–water partition coefficient (Wildman–Crippen LogP) is 4.11. The van der Waals surface area contributed by atoms with Crippen molar-refractivity contribution in [3.63, 3.8) is 0 Å². The quantitative estimate of drug-likeness (QED) is 0.519. The summed E-state index contributed by atoms with van der Waals surface area (Å²) in [6.07, 6.45) is 1.60. The van der Waals surface area contributed by atoms with E-state index in [4.69, 9.17) is 0 Å². The average molecular weight is 403 g/mol. The average Bonchev–Trinajstić information content (AvgIpc) is 3.01. The van der Waals surface area contributed by atoms with Crippen molar-refractivity contribution in [2.45, 2.75) is 20.4 Å². The van der Waals surface area contributed by atoms with Crippen LogP contribution < -0.4 is 16.0 Å². The van der Waals surface area contributed by atoms with Crippen LogP contribution >= 0.6 is 0 Å². The molecular formula is C23H25N5O2. The number of carbonyl (C=O) groups is 2. The number of nitrogens with zero attached hydrogens (tertiary/aromatic N) is 2. The zero-order chi connectivity index (χ0) is 21.5. The Morgan fingerprint density at radius 3 is 2.27 bits per heavy atom. The number of benzene rings is 2. The minimum atomic E-state index is -0.316. The molecule has 1 heterocycles. The van der Waals surface area contributed by atoms with E-state index in [0.717, 1.165) is 11.3 Å². The molecule has 1 aromatic heterocycles. The van der Waals surface area contributed by atoms with Gasteiger partial charge in [0.1, 0.15) is 0 Å². The number of carbonyl (C=O) groups excluding carboxylic acids is 2.